The van der Waals surface area contributed by atoms with Crippen LogP contribution in [0.3, 0.4) is 0 Å². The van der Waals surface area contributed by atoms with Gasteiger partial charge in [-0.15, -0.1) is 11.6 Å². The Balaban J connectivity index is 1.90. The molecule has 34 heavy (non-hydrogen) atoms. The minimum Gasteiger partial charge on any atom is -0.490 e. The van der Waals surface area contributed by atoms with E-state index in [0.29, 0.717) is 43.7 Å². The van der Waals surface area contributed by atoms with Crippen LogP contribution in [0.15, 0.2) is 43.0 Å². The second-order valence-corrected chi connectivity index (χ2v) is 11.7. The van der Waals surface area contributed by atoms with Gasteiger partial charge in [-0.3, -0.25) is 4.79 Å². The van der Waals surface area contributed by atoms with Gasteiger partial charge in [0.15, 0.2) is 0 Å². The summed E-state index contributed by atoms with van der Waals surface area (Å²) in [7, 11) is -2.33. The van der Waals surface area contributed by atoms with E-state index in [4.69, 9.17) is 21.1 Å². The third-order valence-electron chi connectivity index (χ3n) is 6.94. The number of carbonyl (C=O) groups excluding carboxylic acids is 1. The molecule has 0 spiro atoms. The van der Waals surface area contributed by atoms with Crippen molar-refractivity contribution in [1.82, 2.24) is 4.72 Å². The zero-order valence-corrected chi connectivity index (χ0v) is 21.6. The standard InChI is InChI=1S/C25H35ClN2O5S/c1-5-18(2)25(15-26)16-28(14-20-7-6-8-20)22-13-21(9-10-23(22)33-17-25)24(29)27-34(30,31)19(3)11-12-32-4/h5,9-10,13,19-20H,1-2,6-8,11-12,14-17H2,3-4H3,(H,27,29)/t19-,25-/m0/s1. The molecule has 1 aromatic carbocycles. The van der Waals surface area contributed by atoms with Crippen molar-refractivity contribution >= 4 is 33.2 Å². The van der Waals surface area contributed by atoms with Gasteiger partial charge in [-0.2, -0.15) is 0 Å². The number of alkyl halides is 1. The third kappa shape index (κ3) is 5.78. The third-order valence-corrected chi connectivity index (χ3v) is 9.22. The predicted octanol–water partition coefficient (Wildman–Crippen LogP) is 4.14. The maximum absolute atomic E-state index is 12.9. The van der Waals surface area contributed by atoms with Crippen LogP contribution in [0.2, 0.25) is 0 Å². The van der Waals surface area contributed by atoms with Crippen molar-refractivity contribution < 1.29 is 22.7 Å². The molecule has 1 aromatic rings. The molecule has 0 unspecified atom stereocenters. The van der Waals surface area contributed by atoms with Gasteiger partial charge in [-0.25, -0.2) is 13.1 Å². The van der Waals surface area contributed by atoms with Crippen LogP contribution < -0.4 is 14.4 Å². The van der Waals surface area contributed by atoms with Crippen molar-refractivity contribution in [2.75, 3.05) is 44.2 Å². The zero-order chi connectivity index (χ0) is 24.9. The monoisotopic (exact) mass is 510 g/mol. The van der Waals surface area contributed by atoms with E-state index >= 15 is 0 Å². The molecule has 0 aromatic heterocycles. The number of nitrogens with zero attached hydrogens (tertiary/aromatic N) is 1. The molecule has 1 fully saturated rings. The quantitative estimate of drug-likeness (QED) is 0.356. The summed E-state index contributed by atoms with van der Waals surface area (Å²) in [6.07, 6.45) is 5.53. The van der Waals surface area contributed by atoms with Crippen molar-refractivity contribution in [2.24, 2.45) is 11.3 Å². The zero-order valence-electron chi connectivity index (χ0n) is 20.0. The van der Waals surface area contributed by atoms with Crippen LogP contribution in [-0.4, -0.2) is 58.9 Å². The Morgan fingerprint density at radius 2 is 2.18 bits per heavy atom. The Bertz CT molecular complexity index is 1020. The number of ether oxygens (including phenoxy) is 2. The molecule has 1 saturated carbocycles. The number of rotatable bonds is 11. The Morgan fingerprint density at radius 1 is 1.44 bits per heavy atom. The number of carbonyl (C=O) groups is 1. The molecule has 7 nitrogen and oxygen atoms in total. The van der Waals surface area contributed by atoms with Crippen LogP contribution in [0.25, 0.3) is 0 Å². The lowest BCUT2D eigenvalue weighted by Gasteiger charge is -2.39. The number of methoxy groups -OCH3 is 1. The highest BCUT2D eigenvalue weighted by Gasteiger charge is 2.39. The van der Waals surface area contributed by atoms with E-state index < -0.39 is 26.6 Å². The molecule has 1 N–H and O–H groups in total. The van der Waals surface area contributed by atoms with Gasteiger partial charge in [0.25, 0.3) is 5.91 Å². The molecule has 2 atom stereocenters. The highest BCUT2D eigenvalue weighted by molar-refractivity contribution is 7.90. The number of sulfonamides is 1. The molecule has 1 aliphatic heterocycles. The van der Waals surface area contributed by atoms with E-state index in [9.17, 15) is 13.2 Å². The lowest BCUT2D eigenvalue weighted by molar-refractivity contribution is 0.0980. The molecule has 2 aliphatic rings. The molecule has 0 radical (unpaired) electrons. The summed E-state index contributed by atoms with van der Waals surface area (Å²) in [5.74, 6) is 0.836. The Morgan fingerprint density at radius 3 is 2.76 bits per heavy atom. The van der Waals surface area contributed by atoms with Crippen LogP contribution in [-0.2, 0) is 14.8 Å². The molecule has 1 aliphatic carbocycles. The van der Waals surface area contributed by atoms with Crippen LogP contribution in [0.1, 0.15) is 43.0 Å². The normalized spacial score (nSPS) is 21.4. The number of amides is 1. The number of nitrogens with one attached hydrogen (secondary N) is 1. The summed E-state index contributed by atoms with van der Waals surface area (Å²) in [5, 5.41) is -0.759. The second kappa shape index (κ2) is 11.1. The largest absolute Gasteiger partial charge is 0.490 e. The Hall–Kier alpha value is -2.03. The van der Waals surface area contributed by atoms with Gasteiger partial charge in [0.2, 0.25) is 10.0 Å². The highest BCUT2D eigenvalue weighted by Crippen LogP contribution is 2.42. The number of allylic oxidation sites excluding steroid dienone is 1. The first-order valence-electron chi connectivity index (χ1n) is 11.6. The maximum Gasteiger partial charge on any atom is 0.264 e. The number of hydrogen-bond donors (Lipinski definition) is 1. The van der Waals surface area contributed by atoms with E-state index in [1.165, 1.54) is 13.5 Å². The lowest BCUT2D eigenvalue weighted by atomic mass is 9.81. The molecular formula is C25H35ClN2O5S. The number of hydrogen-bond acceptors (Lipinski definition) is 6. The second-order valence-electron chi connectivity index (χ2n) is 9.36. The minimum atomic E-state index is -3.84. The van der Waals surface area contributed by atoms with Crippen LogP contribution in [0, 0.1) is 11.3 Å². The maximum atomic E-state index is 12.9. The highest BCUT2D eigenvalue weighted by atomic mass is 35.5. The van der Waals surface area contributed by atoms with E-state index in [-0.39, 0.29) is 5.56 Å². The van der Waals surface area contributed by atoms with Crippen molar-refractivity contribution in [3.8, 4) is 5.75 Å². The van der Waals surface area contributed by atoms with Crippen LogP contribution >= 0.6 is 11.6 Å². The molecule has 3 rings (SSSR count). The van der Waals surface area contributed by atoms with Gasteiger partial charge in [-0.1, -0.05) is 25.7 Å². The average Bonchev–Trinajstić information content (AvgIpc) is 2.96. The summed E-state index contributed by atoms with van der Waals surface area (Å²) in [6.45, 7) is 11.6. The summed E-state index contributed by atoms with van der Waals surface area (Å²) < 4.78 is 38.5. The molecule has 1 amide bonds. The van der Waals surface area contributed by atoms with Gasteiger partial charge in [-0.05, 0) is 55.9 Å². The number of halogens is 1. The first kappa shape index (κ1) is 26.6. The van der Waals surface area contributed by atoms with E-state index in [1.807, 2.05) is 0 Å². The predicted molar refractivity (Wildman–Crippen MR) is 136 cm³/mol. The van der Waals surface area contributed by atoms with Crippen LogP contribution in [0.5, 0.6) is 5.75 Å². The van der Waals surface area contributed by atoms with Crippen LogP contribution in [0.4, 0.5) is 5.69 Å². The molecular weight excluding hydrogens is 476 g/mol. The molecule has 9 heteroatoms. The van der Waals surface area contributed by atoms with Crippen molar-refractivity contribution in [3.63, 3.8) is 0 Å². The molecule has 188 valence electrons. The topological polar surface area (TPSA) is 84.9 Å². The van der Waals surface area contributed by atoms with Gasteiger partial charge < -0.3 is 14.4 Å². The fraction of sp³-hybridized carbons (Fsp3) is 0.560. The number of anilines is 1. The first-order valence-corrected chi connectivity index (χ1v) is 13.7. The Labute approximate surface area is 208 Å². The molecule has 0 bridgehead atoms. The van der Waals surface area contributed by atoms with E-state index in [0.717, 1.165) is 30.6 Å². The SMILES string of the molecule is C=CC(=C)[C@]1(CCl)COc2ccc(C(=O)NS(=O)(=O)[C@@H](C)CCOC)cc2N(CC2CCC2)C1. The van der Waals surface area contributed by atoms with Gasteiger partial charge in [0, 0.05) is 38.2 Å². The van der Waals surface area contributed by atoms with Gasteiger partial charge >= 0.3 is 0 Å². The van der Waals surface area contributed by atoms with Crippen molar-refractivity contribution in [1.29, 1.82) is 0 Å². The number of fused-ring (bicyclic) bond motifs is 1. The molecule has 1 heterocycles. The van der Waals surface area contributed by atoms with E-state index in [2.05, 4.69) is 22.8 Å². The lowest BCUT2D eigenvalue weighted by Crippen LogP contribution is -2.44. The summed E-state index contributed by atoms with van der Waals surface area (Å²) >= 11 is 6.44. The Kier molecular flexibility index (Phi) is 8.71. The number of benzene rings is 1. The average molecular weight is 511 g/mol. The smallest absolute Gasteiger partial charge is 0.264 e. The van der Waals surface area contributed by atoms with Crippen molar-refractivity contribution in [3.05, 3.63) is 48.6 Å². The summed E-state index contributed by atoms with van der Waals surface area (Å²) in [5.41, 5.74) is 1.30. The van der Waals surface area contributed by atoms with Gasteiger partial charge in [0.05, 0.1) is 16.4 Å². The molecule has 0 saturated heterocycles. The minimum absolute atomic E-state index is 0.254. The summed E-state index contributed by atoms with van der Waals surface area (Å²) in [6, 6.07) is 5.01. The van der Waals surface area contributed by atoms with Gasteiger partial charge in [0.1, 0.15) is 12.4 Å². The first-order chi connectivity index (χ1) is 16.2. The van der Waals surface area contributed by atoms with Crippen molar-refractivity contribution in [2.45, 2.75) is 37.9 Å². The summed E-state index contributed by atoms with van der Waals surface area (Å²) in [4.78, 5) is 15.1. The van der Waals surface area contributed by atoms with E-state index in [1.54, 1.807) is 31.2 Å². The fourth-order valence-electron chi connectivity index (χ4n) is 4.19. The fourth-order valence-corrected chi connectivity index (χ4v) is 5.51.